The molecule has 0 bridgehead atoms. The van der Waals surface area contributed by atoms with Gasteiger partial charge in [0.2, 0.25) is 5.91 Å². The SMILES string of the molecule is O=C(NCC1CCCNC1)C1Cc2ccccc2S1. The van der Waals surface area contributed by atoms with Crippen molar-refractivity contribution in [1.29, 1.82) is 0 Å². The number of thioether (sulfide) groups is 1. The maximum absolute atomic E-state index is 12.2. The highest BCUT2D eigenvalue weighted by Gasteiger charge is 2.28. The van der Waals surface area contributed by atoms with E-state index < -0.39 is 0 Å². The zero-order chi connectivity index (χ0) is 13.1. The van der Waals surface area contributed by atoms with Crippen LogP contribution in [0.25, 0.3) is 0 Å². The molecule has 4 heteroatoms. The first-order valence-corrected chi connectivity index (χ1v) is 7.94. The monoisotopic (exact) mass is 276 g/mol. The Morgan fingerprint density at radius 1 is 1.42 bits per heavy atom. The fraction of sp³-hybridized carbons (Fsp3) is 0.533. The number of carbonyl (C=O) groups is 1. The van der Waals surface area contributed by atoms with Gasteiger partial charge in [-0.25, -0.2) is 0 Å². The number of piperidine rings is 1. The molecule has 19 heavy (non-hydrogen) atoms. The van der Waals surface area contributed by atoms with Gasteiger partial charge >= 0.3 is 0 Å². The van der Waals surface area contributed by atoms with Crippen LogP contribution < -0.4 is 10.6 Å². The minimum absolute atomic E-state index is 0.0638. The highest BCUT2D eigenvalue weighted by Crippen LogP contribution is 2.36. The summed E-state index contributed by atoms with van der Waals surface area (Å²) in [6.07, 6.45) is 3.32. The molecule has 3 rings (SSSR count). The molecule has 1 aromatic carbocycles. The van der Waals surface area contributed by atoms with Gasteiger partial charge in [-0.3, -0.25) is 4.79 Å². The van der Waals surface area contributed by atoms with E-state index in [1.807, 2.05) is 12.1 Å². The van der Waals surface area contributed by atoms with Crippen LogP contribution in [0.4, 0.5) is 0 Å². The second-order valence-corrected chi connectivity index (χ2v) is 6.62. The van der Waals surface area contributed by atoms with Crippen molar-refractivity contribution in [3.05, 3.63) is 29.8 Å². The van der Waals surface area contributed by atoms with E-state index >= 15 is 0 Å². The molecule has 102 valence electrons. The van der Waals surface area contributed by atoms with Crippen molar-refractivity contribution in [2.24, 2.45) is 5.92 Å². The largest absolute Gasteiger partial charge is 0.355 e. The van der Waals surface area contributed by atoms with Gasteiger partial charge in [0, 0.05) is 11.4 Å². The van der Waals surface area contributed by atoms with Crippen LogP contribution in [-0.2, 0) is 11.2 Å². The minimum Gasteiger partial charge on any atom is -0.355 e. The van der Waals surface area contributed by atoms with E-state index in [0.29, 0.717) is 5.92 Å². The maximum Gasteiger partial charge on any atom is 0.233 e. The Bertz CT molecular complexity index is 432. The summed E-state index contributed by atoms with van der Waals surface area (Å²) in [4.78, 5) is 13.5. The highest BCUT2D eigenvalue weighted by molar-refractivity contribution is 8.01. The first kappa shape index (κ1) is 13.0. The number of nitrogens with one attached hydrogen (secondary N) is 2. The lowest BCUT2D eigenvalue weighted by molar-refractivity contribution is -0.120. The second-order valence-electron chi connectivity index (χ2n) is 5.38. The molecule has 2 atom stereocenters. The lowest BCUT2D eigenvalue weighted by Crippen LogP contribution is -2.40. The molecule has 0 aliphatic carbocycles. The molecule has 2 aliphatic heterocycles. The lowest BCUT2D eigenvalue weighted by atomic mass is 9.99. The standard InChI is InChI=1S/C15H20N2OS/c18-15(17-10-11-4-3-7-16-9-11)14-8-12-5-1-2-6-13(12)19-14/h1-2,5-6,11,14,16H,3-4,7-10H2,(H,17,18). The summed E-state index contributed by atoms with van der Waals surface area (Å²) in [7, 11) is 0. The molecule has 2 aliphatic rings. The van der Waals surface area contributed by atoms with E-state index in [2.05, 4.69) is 22.8 Å². The summed E-state index contributed by atoms with van der Waals surface area (Å²) in [6, 6.07) is 8.33. The average Bonchev–Trinajstić information content (AvgIpc) is 2.90. The quantitative estimate of drug-likeness (QED) is 0.885. The van der Waals surface area contributed by atoms with Gasteiger partial charge in [0.15, 0.2) is 0 Å². The number of fused-ring (bicyclic) bond motifs is 1. The number of amides is 1. The third-order valence-corrected chi connectivity index (χ3v) is 5.22. The van der Waals surface area contributed by atoms with E-state index in [9.17, 15) is 4.79 Å². The summed E-state index contributed by atoms with van der Waals surface area (Å²) in [5.41, 5.74) is 1.31. The van der Waals surface area contributed by atoms with E-state index in [0.717, 1.165) is 26.1 Å². The van der Waals surface area contributed by atoms with Crippen molar-refractivity contribution in [2.75, 3.05) is 19.6 Å². The van der Waals surface area contributed by atoms with Crippen molar-refractivity contribution in [3.8, 4) is 0 Å². The van der Waals surface area contributed by atoms with Crippen LogP contribution in [0.3, 0.4) is 0 Å². The minimum atomic E-state index is 0.0638. The predicted molar refractivity (Wildman–Crippen MR) is 78.4 cm³/mol. The Kier molecular flexibility index (Phi) is 4.09. The number of benzene rings is 1. The Morgan fingerprint density at radius 3 is 3.11 bits per heavy atom. The number of hydrogen-bond acceptors (Lipinski definition) is 3. The molecule has 2 unspecified atom stereocenters. The Labute approximate surface area is 118 Å². The van der Waals surface area contributed by atoms with E-state index in [-0.39, 0.29) is 11.2 Å². The summed E-state index contributed by atoms with van der Waals surface area (Å²) in [5, 5.41) is 6.58. The highest BCUT2D eigenvalue weighted by atomic mass is 32.2. The zero-order valence-corrected chi connectivity index (χ0v) is 11.8. The fourth-order valence-electron chi connectivity index (χ4n) is 2.79. The smallest absolute Gasteiger partial charge is 0.233 e. The Balaban J connectivity index is 1.49. The fourth-order valence-corrected chi connectivity index (χ4v) is 4.00. The molecule has 3 nitrogen and oxygen atoms in total. The molecule has 1 amide bonds. The molecule has 2 heterocycles. The molecular weight excluding hydrogens is 256 g/mol. The van der Waals surface area contributed by atoms with Gasteiger partial charge < -0.3 is 10.6 Å². The number of rotatable bonds is 3. The maximum atomic E-state index is 12.2. The normalized spacial score (nSPS) is 25.9. The van der Waals surface area contributed by atoms with E-state index in [1.54, 1.807) is 11.8 Å². The van der Waals surface area contributed by atoms with Crippen molar-refractivity contribution < 1.29 is 4.79 Å². The summed E-state index contributed by atoms with van der Waals surface area (Å²) < 4.78 is 0. The average molecular weight is 276 g/mol. The zero-order valence-electron chi connectivity index (χ0n) is 11.0. The van der Waals surface area contributed by atoms with E-state index in [4.69, 9.17) is 0 Å². The second kappa shape index (κ2) is 5.97. The Morgan fingerprint density at radius 2 is 2.32 bits per heavy atom. The molecule has 1 fully saturated rings. The van der Waals surface area contributed by atoms with Gasteiger partial charge in [-0.2, -0.15) is 0 Å². The van der Waals surface area contributed by atoms with Crippen molar-refractivity contribution in [1.82, 2.24) is 10.6 Å². The van der Waals surface area contributed by atoms with Crippen LogP contribution >= 0.6 is 11.8 Å². The topological polar surface area (TPSA) is 41.1 Å². The van der Waals surface area contributed by atoms with Gasteiger partial charge in [0.1, 0.15) is 0 Å². The van der Waals surface area contributed by atoms with Gasteiger partial charge in [-0.05, 0) is 49.9 Å². The van der Waals surface area contributed by atoms with Crippen molar-refractivity contribution >= 4 is 17.7 Å². The van der Waals surface area contributed by atoms with Gasteiger partial charge in [-0.15, -0.1) is 11.8 Å². The van der Waals surface area contributed by atoms with E-state index in [1.165, 1.54) is 23.3 Å². The van der Waals surface area contributed by atoms with Crippen LogP contribution in [0, 0.1) is 5.92 Å². The lowest BCUT2D eigenvalue weighted by Gasteiger charge is -2.23. The molecular formula is C15H20N2OS. The Hall–Kier alpha value is -1.00. The first-order chi connectivity index (χ1) is 9.33. The molecule has 0 aromatic heterocycles. The number of carbonyl (C=O) groups excluding carboxylic acids is 1. The van der Waals surface area contributed by atoms with Crippen LogP contribution in [0.2, 0.25) is 0 Å². The predicted octanol–water partition coefficient (Wildman–Crippen LogP) is 1.82. The van der Waals surface area contributed by atoms with Crippen LogP contribution in [0.1, 0.15) is 18.4 Å². The molecule has 1 saturated heterocycles. The third-order valence-electron chi connectivity index (χ3n) is 3.90. The molecule has 0 spiro atoms. The summed E-state index contributed by atoms with van der Waals surface area (Å²) in [6.45, 7) is 2.98. The molecule has 2 N–H and O–H groups in total. The van der Waals surface area contributed by atoms with Crippen molar-refractivity contribution in [3.63, 3.8) is 0 Å². The van der Waals surface area contributed by atoms with Gasteiger partial charge in [0.25, 0.3) is 0 Å². The number of hydrogen-bond donors (Lipinski definition) is 2. The summed E-state index contributed by atoms with van der Waals surface area (Å²) >= 11 is 1.70. The van der Waals surface area contributed by atoms with Gasteiger partial charge in [-0.1, -0.05) is 18.2 Å². The van der Waals surface area contributed by atoms with Crippen molar-refractivity contribution in [2.45, 2.75) is 29.4 Å². The first-order valence-electron chi connectivity index (χ1n) is 7.06. The molecule has 0 saturated carbocycles. The van der Waals surface area contributed by atoms with Crippen LogP contribution in [0.15, 0.2) is 29.2 Å². The third kappa shape index (κ3) is 3.12. The van der Waals surface area contributed by atoms with Crippen LogP contribution in [-0.4, -0.2) is 30.8 Å². The van der Waals surface area contributed by atoms with Crippen LogP contribution in [0.5, 0.6) is 0 Å². The summed E-state index contributed by atoms with van der Waals surface area (Å²) in [5.74, 6) is 0.804. The van der Waals surface area contributed by atoms with Gasteiger partial charge in [0.05, 0.1) is 5.25 Å². The molecule has 0 radical (unpaired) electrons. The molecule has 1 aromatic rings.